The van der Waals surface area contributed by atoms with Crippen LogP contribution in [0, 0.1) is 0 Å². The van der Waals surface area contributed by atoms with Gasteiger partial charge in [0.05, 0.1) is 12.2 Å². The summed E-state index contributed by atoms with van der Waals surface area (Å²) in [5.74, 6) is -0.230. The molecule has 17 heavy (non-hydrogen) atoms. The van der Waals surface area contributed by atoms with Crippen LogP contribution >= 0.6 is 11.8 Å². The Morgan fingerprint density at radius 1 is 1.59 bits per heavy atom. The van der Waals surface area contributed by atoms with Gasteiger partial charge in [0.1, 0.15) is 5.52 Å². The lowest BCUT2D eigenvalue weighted by molar-refractivity contribution is 0.0697. The predicted molar refractivity (Wildman–Crippen MR) is 63.6 cm³/mol. The van der Waals surface area contributed by atoms with E-state index < -0.39 is 5.97 Å². The minimum Gasteiger partial charge on any atom is -0.478 e. The summed E-state index contributed by atoms with van der Waals surface area (Å²) in [6.07, 6.45) is 0. The maximum absolute atomic E-state index is 10.8. The molecule has 0 amide bonds. The summed E-state index contributed by atoms with van der Waals surface area (Å²) in [5.41, 5.74) is 1.35. The summed E-state index contributed by atoms with van der Waals surface area (Å²) < 4.78 is 10.4. The molecule has 0 aliphatic carbocycles. The Kier molecular flexibility index (Phi) is 3.65. The highest BCUT2D eigenvalue weighted by molar-refractivity contribution is 7.99. The molecule has 0 saturated carbocycles. The maximum Gasteiger partial charge on any atom is 0.335 e. The molecule has 1 aromatic carbocycles. The molecular formula is C11H11NO4S. The number of aromatic carboxylic acids is 1. The number of carboxylic acid groups (broad SMARTS) is 1. The summed E-state index contributed by atoms with van der Waals surface area (Å²) in [4.78, 5) is 15.0. The van der Waals surface area contributed by atoms with Crippen molar-refractivity contribution in [2.75, 3.05) is 19.5 Å². The van der Waals surface area contributed by atoms with Crippen molar-refractivity contribution < 1.29 is 19.1 Å². The quantitative estimate of drug-likeness (QED) is 0.651. The summed E-state index contributed by atoms with van der Waals surface area (Å²) in [7, 11) is 1.63. The fraction of sp³-hybridized carbons (Fsp3) is 0.273. The van der Waals surface area contributed by atoms with Gasteiger partial charge >= 0.3 is 5.97 Å². The van der Waals surface area contributed by atoms with E-state index in [1.807, 2.05) is 0 Å². The molecule has 1 aromatic heterocycles. The van der Waals surface area contributed by atoms with Crippen molar-refractivity contribution in [3.05, 3.63) is 23.8 Å². The smallest absolute Gasteiger partial charge is 0.335 e. The van der Waals surface area contributed by atoms with Gasteiger partial charge in [0, 0.05) is 12.9 Å². The van der Waals surface area contributed by atoms with Crippen LogP contribution in [-0.2, 0) is 4.74 Å². The maximum atomic E-state index is 10.8. The Morgan fingerprint density at radius 2 is 2.41 bits per heavy atom. The second-order valence-electron chi connectivity index (χ2n) is 3.31. The van der Waals surface area contributed by atoms with Crippen LogP contribution < -0.4 is 0 Å². The van der Waals surface area contributed by atoms with Gasteiger partial charge in [0.15, 0.2) is 5.58 Å². The number of hydrogen-bond acceptors (Lipinski definition) is 5. The largest absolute Gasteiger partial charge is 0.478 e. The van der Waals surface area contributed by atoms with E-state index in [9.17, 15) is 4.79 Å². The fourth-order valence-electron chi connectivity index (χ4n) is 1.31. The van der Waals surface area contributed by atoms with E-state index >= 15 is 0 Å². The number of thioether (sulfide) groups is 1. The summed E-state index contributed by atoms with van der Waals surface area (Å²) in [5, 5.41) is 9.37. The van der Waals surface area contributed by atoms with E-state index in [4.69, 9.17) is 14.3 Å². The van der Waals surface area contributed by atoms with Gasteiger partial charge < -0.3 is 14.3 Å². The minimum atomic E-state index is -0.975. The van der Waals surface area contributed by atoms with Crippen molar-refractivity contribution in [1.29, 1.82) is 0 Å². The molecule has 1 N–H and O–H groups in total. The number of nitrogens with zero attached hydrogens (tertiary/aromatic N) is 1. The van der Waals surface area contributed by atoms with Crippen molar-refractivity contribution in [2.45, 2.75) is 5.22 Å². The Morgan fingerprint density at radius 3 is 3.12 bits per heavy atom. The number of aromatic nitrogens is 1. The van der Waals surface area contributed by atoms with E-state index in [1.165, 1.54) is 23.9 Å². The van der Waals surface area contributed by atoms with Crippen LogP contribution in [0.1, 0.15) is 10.4 Å². The van der Waals surface area contributed by atoms with Crippen molar-refractivity contribution in [3.63, 3.8) is 0 Å². The van der Waals surface area contributed by atoms with E-state index in [2.05, 4.69) is 4.98 Å². The number of carbonyl (C=O) groups is 1. The molecule has 1 heterocycles. The van der Waals surface area contributed by atoms with Crippen LogP contribution in [0.5, 0.6) is 0 Å². The second-order valence-corrected chi connectivity index (χ2v) is 4.35. The standard InChI is InChI=1S/C11H11NO4S/c1-15-4-5-17-11-12-8-3-2-7(10(13)14)6-9(8)16-11/h2-3,6H,4-5H2,1H3,(H,13,14). The zero-order valence-corrected chi connectivity index (χ0v) is 9.99. The fourth-order valence-corrected chi connectivity index (χ4v) is 2.05. The average molecular weight is 253 g/mol. The number of ether oxygens (including phenoxy) is 1. The molecule has 0 fully saturated rings. The Balaban J connectivity index is 2.21. The van der Waals surface area contributed by atoms with Gasteiger partial charge in [-0.05, 0) is 18.2 Å². The summed E-state index contributed by atoms with van der Waals surface area (Å²) in [6, 6.07) is 4.63. The molecule has 6 heteroatoms. The molecule has 0 saturated heterocycles. The second kappa shape index (κ2) is 5.20. The van der Waals surface area contributed by atoms with Crippen LogP contribution in [0.15, 0.2) is 27.8 Å². The van der Waals surface area contributed by atoms with E-state index in [0.717, 1.165) is 5.75 Å². The first-order chi connectivity index (χ1) is 8.20. The number of oxazole rings is 1. The molecule has 2 aromatic rings. The molecule has 0 spiro atoms. The number of methoxy groups -OCH3 is 1. The van der Waals surface area contributed by atoms with Gasteiger partial charge in [-0.2, -0.15) is 0 Å². The van der Waals surface area contributed by atoms with Crippen LogP contribution in [-0.4, -0.2) is 35.5 Å². The van der Waals surface area contributed by atoms with Crippen LogP contribution in [0.25, 0.3) is 11.1 Å². The van der Waals surface area contributed by atoms with Gasteiger partial charge in [-0.25, -0.2) is 9.78 Å². The monoisotopic (exact) mass is 253 g/mol. The minimum absolute atomic E-state index is 0.196. The van der Waals surface area contributed by atoms with Crippen molar-refractivity contribution in [2.24, 2.45) is 0 Å². The topological polar surface area (TPSA) is 72.6 Å². The normalized spacial score (nSPS) is 10.9. The molecule has 0 bridgehead atoms. The van der Waals surface area contributed by atoms with Crippen LogP contribution in [0.4, 0.5) is 0 Å². The first kappa shape index (κ1) is 11.9. The number of fused-ring (bicyclic) bond motifs is 1. The van der Waals surface area contributed by atoms with Gasteiger partial charge in [-0.3, -0.25) is 0 Å². The van der Waals surface area contributed by atoms with Crippen LogP contribution in [0.3, 0.4) is 0 Å². The lowest BCUT2D eigenvalue weighted by atomic mass is 10.2. The molecule has 5 nitrogen and oxygen atoms in total. The third kappa shape index (κ3) is 2.78. The highest BCUT2D eigenvalue weighted by Crippen LogP contribution is 2.24. The highest BCUT2D eigenvalue weighted by Gasteiger charge is 2.09. The Bertz CT molecular complexity index is 537. The van der Waals surface area contributed by atoms with E-state index in [0.29, 0.717) is 22.9 Å². The number of carboxylic acids is 1. The summed E-state index contributed by atoms with van der Waals surface area (Å²) in [6.45, 7) is 0.615. The van der Waals surface area contributed by atoms with Crippen LogP contribution in [0.2, 0.25) is 0 Å². The van der Waals surface area contributed by atoms with Crippen molar-refractivity contribution in [3.8, 4) is 0 Å². The number of hydrogen-bond donors (Lipinski definition) is 1. The lowest BCUT2D eigenvalue weighted by Crippen LogP contribution is -1.94. The van der Waals surface area contributed by atoms with E-state index in [-0.39, 0.29) is 5.56 Å². The first-order valence-corrected chi connectivity index (χ1v) is 5.95. The third-order valence-electron chi connectivity index (χ3n) is 2.13. The predicted octanol–water partition coefficient (Wildman–Crippen LogP) is 2.26. The molecule has 0 atom stereocenters. The first-order valence-electron chi connectivity index (χ1n) is 4.96. The lowest BCUT2D eigenvalue weighted by Gasteiger charge is -1.93. The molecule has 0 aliphatic rings. The Hall–Kier alpha value is -1.53. The van der Waals surface area contributed by atoms with Gasteiger partial charge in [-0.1, -0.05) is 11.8 Å². The molecule has 90 valence electrons. The number of rotatable bonds is 5. The Labute approximate surface area is 102 Å². The average Bonchev–Trinajstić information content (AvgIpc) is 2.70. The van der Waals surface area contributed by atoms with Gasteiger partial charge in [0.25, 0.3) is 5.22 Å². The zero-order chi connectivity index (χ0) is 12.3. The zero-order valence-electron chi connectivity index (χ0n) is 9.17. The number of benzene rings is 1. The summed E-state index contributed by atoms with van der Waals surface area (Å²) >= 11 is 1.43. The third-order valence-corrected chi connectivity index (χ3v) is 2.92. The van der Waals surface area contributed by atoms with Crippen molar-refractivity contribution in [1.82, 2.24) is 4.98 Å². The van der Waals surface area contributed by atoms with Gasteiger partial charge in [-0.15, -0.1) is 0 Å². The molecule has 0 radical (unpaired) electrons. The SMILES string of the molecule is COCCSc1nc2ccc(C(=O)O)cc2o1. The molecule has 0 aliphatic heterocycles. The molecular weight excluding hydrogens is 242 g/mol. The highest BCUT2D eigenvalue weighted by atomic mass is 32.2. The van der Waals surface area contributed by atoms with Gasteiger partial charge in [0.2, 0.25) is 0 Å². The molecule has 0 unspecified atom stereocenters. The van der Waals surface area contributed by atoms with E-state index in [1.54, 1.807) is 13.2 Å². The molecule has 2 rings (SSSR count). The van der Waals surface area contributed by atoms with Crippen molar-refractivity contribution >= 4 is 28.8 Å².